The Kier molecular flexibility index (Phi) is 9.14. The number of hydrogen-bond acceptors (Lipinski definition) is 4. The highest BCUT2D eigenvalue weighted by atomic mass is 16.5. The summed E-state index contributed by atoms with van der Waals surface area (Å²) in [6.45, 7) is 17.2. The van der Waals surface area contributed by atoms with E-state index in [1.165, 1.54) is 5.56 Å². The second-order valence-electron chi connectivity index (χ2n) is 10.1. The quantitative estimate of drug-likeness (QED) is 0.255. The van der Waals surface area contributed by atoms with Crippen LogP contribution in [-0.4, -0.2) is 18.4 Å². The predicted molar refractivity (Wildman–Crippen MR) is 140 cm³/mol. The molecule has 0 aliphatic heterocycles. The topological polar surface area (TPSA) is 79.5 Å². The molecule has 2 rings (SSSR count). The molecule has 6 heteroatoms. The molecule has 1 unspecified atom stereocenters. The Morgan fingerprint density at radius 2 is 1.68 bits per heavy atom. The first kappa shape index (κ1) is 27.2. The maximum Gasteiger partial charge on any atom is 0.265 e. The summed E-state index contributed by atoms with van der Waals surface area (Å²) in [5.74, 6) is 0.552. The molecule has 0 aliphatic rings. The standard InChI is InChI=1S/C28H41N3O3/c1-9-24(26(33)30-23-17-21(31-29-18-32)14-12-19(23)4)34-25-15-13-20(27(5,6)10-2)16-22(25)28(7,8)11-3/h12-18,24,31H,9-11H2,1-8H3,(H,29,32)(H,30,33). The third kappa shape index (κ3) is 6.52. The Balaban J connectivity index is 2.34. The van der Waals surface area contributed by atoms with Gasteiger partial charge in [-0.3, -0.25) is 20.4 Å². The van der Waals surface area contributed by atoms with Gasteiger partial charge in [0.05, 0.1) is 5.69 Å². The van der Waals surface area contributed by atoms with Crippen molar-refractivity contribution in [2.24, 2.45) is 0 Å². The van der Waals surface area contributed by atoms with Crippen molar-refractivity contribution >= 4 is 23.7 Å². The molecule has 0 aromatic heterocycles. The molecular formula is C28H41N3O3. The largest absolute Gasteiger partial charge is 0.480 e. The summed E-state index contributed by atoms with van der Waals surface area (Å²) in [6.07, 6.45) is 2.44. The minimum absolute atomic E-state index is 0.0634. The van der Waals surface area contributed by atoms with E-state index in [0.29, 0.717) is 24.2 Å². The fourth-order valence-electron chi connectivity index (χ4n) is 3.61. The van der Waals surface area contributed by atoms with E-state index < -0.39 is 6.10 Å². The number of hydrogen-bond donors (Lipinski definition) is 3. The number of anilines is 2. The number of benzene rings is 2. The Morgan fingerprint density at radius 3 is 2.26 bits per heavy atom. The van der Waals surface area contributed by atoms with Crippen LogP contribution in [-0.2, 0) is 20.4 Å². The molecule has 2 aromatic rings. The zero-order valence-corrected chi connectivity index (χ0v) is 22.0. The number of ether oxygens (including phenoxy) is 1. The number of aryl methyl sites for hydroxylation is 1. The van der Waals surface area contributed by atoms with Crippen molar-refractivity contribution in [3.05, 3.63) is 53.1 Å². The number of hydrazine groups is 1. The minimum atomic E-state index is -0.638. The molecular weight excluding hydrogens is 426 g/mol. The van der Waals surface area contributed by atoms with Crippen molar-refractivity contribution in [3.8, 4) is 5.75 Å². The number of nitrogens with one attached hydrogen (secondary N) is 3. The van der Waals surface area contributed by atoms with Crippen molar-refractivity contribution in [1.82, 2.24) is 5.43 Å². The average Bonchev–Trinajstić information content (AvgIpc) is 2.82. The van der Waals surface area contributed by atoms with E-state index in [-0.39, 0.29) is 16.7 Å². The van der Waals surface area contributed by atoms with Crippen LogP contribution in [0.25, 0.3) is 0 Å². The van der Waals surface area contributed by atoms with E-state index in [1.807, 2.05) is 32.0 Å². The lowest BCUT2D eigenvalue weighted by molar-refractivity contribution is -0.122. The molecule has 0 heterocycles. The second kappa shape index (κ2) is 11.4. The van der Waals surface area contributed by atoms with Crippen LogP contribution in [0.5, 0.6) is 5.75 Å². The summed E-state index contributed by atoms with van der Waals surface area (Å²) in [4.78, 5) is 23.8. The van der Waals surface area contributed by atoms with Crippen LogP contribution < -0.4 is 20.9 Å². The van der Waals surface area contributed by atoms with Crippen molar-refractivity contribution in [2.45, 2.75) is 91.6 Å². The van der Waals surface area contributed by atoms with E-state index in [9.17, 15) is 9.59 Å². The van der Waals surface area contributed by atoms with E-state index in [1.54, 1.807) is 6.07 Å². The van der Waals surface area contributed by atoms with Gasteiger partial charge in [0.15, 0.2) is 6.10 Å². The van der Waals surface area contributed by atoms with Crippen molar-refractivity contribution in [2.75, 3.05) is 10.7 Å². The number of carbonyl (C=O) groups excluding carboxylic acids is 2. The van der Waals surface area contributed by atoms with Crippen LogP contribution in [0.2, 0.25) is 0 Å². The lowest BCUT2D eigenvalue weighted by Gasteiger charge is -2.31. The summed E-state index contributed by atoms with van der Waals surface area (Å²) in [5.41, 5.74) is 9.81. The lowest BCUT2D eigenvalue weighted by atomic mass is 9.76. The third-order valence-corrected chi connectivity index (χ3v) is 6.96. The van der Waals surface area contributed by atoms with Gasteiger partial charge in [-0.15, -0.1) is 0 Å². The summed E-state index contributed by atoms with van der Waals surface area (Å²) >= 11 is 0. The summed E-state index contributed by atoms with van der Waals surface area (Å²) < 4.78 is 6.37. The van der Waals surface area contributed by atoms with Gasteiger partial charge in [-0.1, -0.05) is 66.7 Å². The maximum atomic E-state index is 13.2. The molecule has 2 amide bonds. The van der Waals surface area contributed by atoms with Crippen LogP contribution in [0.3, 0.4) is 0 Å². The molecule has 0 aliphatic carbocycles. The molecule has 2 aromatic carbocycles. The van der Waals surface area contributed by atoms with Gasteiger partial charge in [0.2, 0.25) is 6.41 Å². The highest BCUT2D eigenvalue weighted by Crippen LogP contribution is 2.39. The zero-order valence-electron chi connectivity index (χ0n) is 22.0. The zero-order chi connectivity index (χ0) is 25.5. The molecule has 6 nitrogen and oxygen atoms in total. The van der Waals surface area contributed by atoms with Gasteiger partial charge in [0.1, 0.15) is 5.75 Å². The molecule has 186 valence electrons. The molecule has 0 fully saturated rings. The van der Waals surface area contributed by atoms with Crippen molar-refractivity contribution in [3.63, 3.8) is 0 Å². The number of carbonyl (C=O) groups is 2. The Hall–Kier alpha value is -3.02. The third-order valence-electron chi connectivity index (χ3n) is 6.96. The Labute approximate surface area is 204 Å². The summed E-state index contributed by atoms with van der Waals surface area (Å²) in [5, 5.41) is 3.00. The molecule has 3 N–H and O–H groups in total. The molecule has 0 bridgehead atoms. The lowest BCUT2D eigenvalue weighted by Crippen LogP contribution is -2.33. The van der Waals surface area contributed by atoms with E-state index in [4.69, 9.17) is 4.74 Å². The fraction of sp³-hybridized carbons (Fsp3) is 0.500. The average molecular weight is 468 g/mol. The number of rotatable bonds is 12. The van der Waals surface area contributed by atoms with Crippen molar-refractivity contribution < 1.29 is 14.3 Å². The van der Waals surface area contributed by atoms with Gasteiger partial charge in [0, 0.05) is 11.3 Å². The van der Waals surface area contributed by atoms with Crippen LogP contribution in [0, 0.1) is 6.92 Å². The van der Waals surface area contributed by atoms with Crippen molar-refractivity contribution in [1.29, 1.82) is 0 Å². The van der Waals surface area contributed by atoms with E-state index in [2.05, 4.69) is 69.8 Å². The molecule has 34 heavy (non-hydrogen) atoms. The molecule has 0 spiro atoms. The monoisotopic (exact) mass is 467 g/mol. The second-order valence-corrected chi connectivity index (χ2v) is 10.1. The van der Waals surface area contributed by atoms with Crippen LogP contribution in [0.15, 0.2) is 36.4 Å². The van der Waals surface area contributed by atoms with Gasteiger partial charge >= 0.3 is 0 Å². The van der Waals surface area contributed by atoms with Gasteiger partial charge in [-0.2, -0.15) is 0 Å². The highest BCUT2D eigenvalue weighted by Gasteiger charge is 2.29. The molecule has 0 saturated heterocycles. The van der Waals surface area contributed by atoms with Gasteiger partial charge < -0.3 is 10.1 Å². The first-order chi connectivity index (χ1) is 16.0. The van der Waals surface area contributed by atoms with Crippen LogP contribution in [0.1, 0.15) is 84.4 Å². The SMILES string of the molecule is CCC(Oc1ccc(C(C)(C)CC)cc1C(C)(C)CC)C(=O)Nc1cc(NNC=O)ccc1C. The Bertz CT molecular complexity index is 998. The minimum Gasteiger partial charge on any atom is -0.480 e. The first-order valence-corrected chi connectivity index (χ1v) is 12.2. The van der Waals surface area contributed by atoms with E-state index >= 15 is 0 Å². The summed E-state index contributed by atoms with van der Waals surface area (Å²) in [6, 6.07) is 11.9. The molecule has 1 atom stereocenters. The smallest absolute Gasteiger partial charge is 0.265 e. The normalized spacial score (nSPS) is 12.6. The first-order valence-electron chi connectivity index (χ1n) is 12.2. The fourth-order valence-corrected chi connectivity index (χ4v) is 3.61. The highest BCUT2D eigenvalue weighted by molar-refractivity contribution is 5.95. The van der Waals surface area contributed by atoms with Gasteiger partial charge in [-0.25, -0.2) is 0 Å². The molecule has 0 radical (unpaired) electrons. The Morgan fingerprint density at radius 1 is 1.00 bits per heavy atom. The van der Waals surface area contributed by atoms with Crippen LogP contribution in [0.4, 0.5) is 11.4 Å². The van der Waals surface area contributed by atoms with E-state index in [0.717, 1.165) is 29.7 Å². The van der Waals surface area contributed by atoms with Crippen LogP contribution >= 0.6 is 0 Å². The number of amides is 2. The maximum absolute atomic E-state index is 13.2. The van der Waals surface area contributed by atoms with Gasteiger partial charge in [0.25, 0.3) is 5.91 Å². The van der Waals surface area contributed by atoms with Gasteiger partial charge in [-0.05, 0) is 66.3 Å². The predicted octanol–water partition coefficient (Wildman–Crippen LogP) is 6.24. The summed E-state index contributed by atoms with van der Waals surface area (Å²) in [7, 11) is 0. The molecule has 0 saturated carbocycles.